The number of carbonyl (C=O) groups is 2. The molecular weight excluding hydrogens is 357 g/mol. The molecule has 144 valence electrons. The Morgan fingerprint density at radius 2 is 1.70 bits per heavy atom. The minimum atomic E-state index is -0.778. The number of ether oxygens (including phenoxy) is 4. The number of nitrogens with one attached hydrogen (secondary N) is 1. The van der Waals surface area contributed by atoms with Gasteiger partial charge in [0.25, 0.3) is 5.91 Å². The Hall–Kier alpha value is -3.29. The summed E-state index contributed by atoms with van der Waals surface area (Å²) < 4.78 is 33.5. The molecule has 0 unspecified atom stereocenters. The second kappa shape index (κ2) is 10.0. The van der Waals surface area contributed by atoms with Crippen molar-refractivity contribution in [1.29, 1.82) is 0 Å². The molecule has 0 saturated heterocycles. The van der Waals surface area contributed by atoms with E-state index in [9.17, 15) is 14.0 Å². The number of para-hydroxylation sites is 1. The Bertz CT molecular complexity index is 796. The maximum absolute atomic E-state index is 13.4. The van der Waals surface area contributed by atoms with Crippen LogP contribution >= 0.6 is 0 Å². The third kappa shape index (κ3) is 6.18. The molecule has 0 aliphatic carbocycles. The molecule has 2 aromatic rings. The molecule has 0 atom stereocenters. The van der Waals surface area contributed by atoms with Crippen molar-refractivity contribution in [2.24, 2.45) is 0 Å². The molecule has 0 fully saturated rings. The zero-order valence-electron chi connectivity index (χ0n) is 15.0. The summed E-state index contributed by atoms with van der Waals surface area (Å²) in [6.45, 7) is -0.737. The molecule has 0 spiro atoms. The van der Waals surface area contributed by atoms with Crippen LogP contribution in [-0.4, -0.2) is 39.3 Å². The van der Waals surface area contributed by atoms with Crippen LogP contribution in [0.15, 0.2) is 42.5 Å². The van der Waals surface area contributed by atoms with Crippen LogP contribution < -0.4 is 19.5 Å². The van der Waals surface area contributed by atoms with Gasteiger partial charge in [-0.2, -0.15) is 0 Å². The summed E-state index contributed by atoms with van der Waals surface area (Å²) in [5.41, 5.74) is 0.787. The Morgan fingerprint density at radius 1 is 0.963 bits per heavy atom. The molecule has 1 N–H and O–H groups in total. The Balaban J connectivity index is 1.73. The van der Waals surface area contributed by atoms with Crippen molar-refractivity contribution in [2.75, 3.05) is 27.4 Å². The lowest BCUT2D eigenvalue weighted by Crippen LogP contribution is -2.29. The predicted molar refractivity (Wildman–Crippen MR) is 94.2 cm³/mol. The van der Waals surface area contributed by atoms with E-state index in [1.54, 1.807) is 24.3 Å². The molecule has 7 nitrogen and oxygen atoms in total. The summed E-state index contributed by atoms with van der Waals surface area (Å²) in [6.07, 6.45) is 0. The molecule has 0 heterocycles. The van der Waals surface area contributed by atoms with Crippen LogP contribution in [0.3, 0.4) is 0 Å². The van der Waals surface area contributed by atoms with Gasteiger partial charge < -0.3 is 24.3 Å². The minimum absolute atomic E-state index is 0.0626. The first kappa shape index (κ1) is 20.0. The van der Waals surface area contributed by atoms with Gasteiger partial charge in [0.05, 0.1) is 14.2 Å². The van der Waals surface area contributed by atoms with Gasteiger partial charge in [-0.25, -0.2) is 9.18 Å². The molecule has 0 aromatic heterocycles. The van der Waals surface area contributed by atoms with E-state index in [0.717, 1.165) is 5.56 Å². The number of hydrogen-bond acceptors (Lipinski definition) is 6. The van der Waals surface area contributed by atoms with Crippen LogP contribution in [0.2, 0.25) is 0 Å². The van der Waals surface area contributed by atoms with E-state index in [4.69, 9.17) is 18.9 Å². The SMILES string of the molecule is COc1ccc(CNC(=O)COC(=O)COc2ccccc2F)cc1OC. The maximum Gasteiger partial charge on any atom is 0.344 e. The summed E-state index contributed by atoms with van der Waals surface area (Å²) >= 11 is 0. The fourth-order valence-electron chi connectivity index (χ4n) is 2.13. The first-order valence-corrected chi connectivity index (χ1v) is 8.04. The van der Waals surface area contributed by atoms with Crippen molar-refractivity contribution in [1.82, 2.24) is 5.32 Å². The van der Waals surface area contributed by atoms with E-state index in [-0.39, 0.29) is 12.3 Å². The third-order valence-electron chi connectivity index (χ3n) is 3.48. The van der Waals surface area contributed by atoms with Crippen LogP contribution in [0.1, 0.15) is 5.56 Å². The molecule has 0 saturated carbocycles. The molecule has 2 rings (SSSR count). The van der Waals surface area contributed by atoms with E-state index < -0.39 is 30.9 Å². The van der Waals surface area contributed by atoms with E-state index in [2.05, 4.69) is 5.32 Å². The molecular formula is C19H20FNO6. The number of carbonyl (C=O) groups excluding carboxylic acids is 2. The van der Waals surface area contributed by atoms with Crippen LogP contribution in [0, 0.1) is 5.82 Å². The Kier molecular flexibility index (Phi) is 7.42. The van der Waals surface area contributed by atoms with Crippen molar-refractivity contribution < 1.29 is 32.9 Å². The maximum atomic E-state index is 13.4. The van der Waals surface area contributed by atoms with E-state index in [0.29, 0.717) is 11.5 Å². The minimum Gasteiger partial charge on any atom is -0.493 e. The highest BCUT2D eigenvalue weighted by Gasteiger charge is 2.11. The number of esters is 1. The third-order valence-corrected chi connectivity index (χ3v) is 3.48. The summed E-state index contributed by atoms with van der Waals surface area (Å²) in [6, 6.07) is 10.9. The first-order valence-electron chi connectivity index (χ1n) is 8.04. The highest BCUT2D eigenvalue weighted by atomic mass is 19.1. The average Bonchev–Trinajstić information content (AvgIpc) is 2.69. The summed E-state index contributed by atoms with van der Waals surface area (Å²) in [5.74, 6) is -0.786. The second-order valence-corrected chi connectivity index (χ2v) is 5.35. The summed E-state index contributed by atoms with van der Waals surface area (Å²) in [5, 5.41) is 2.61. The number of hydrogen-bond donors (Lipinski definition) is 1. The Labute approximate surface area is 156 Å². The highest BCUT2D eigenvalue weighted by molar-refractivity contribution is 5.80. The number of halogens is 1. The smallest absolute Gasteiger partial charge is 0.344 e. The number of rotatable bonds is 9. The van der Waals surface area contributed by atoms with Gasteiger partial charge in [0.2, 0.25) is 0 Å². The summed E-state index contributed by atoms with van der Waals surface area (Å²) in [4.78, 5) is 23.4. The molecule has 27 heavy (non-hydrogen) atoms. The Morgan fingerprint density at radius 3 is 2.41 bits per heavy atom. The fourth-order valence-corrected chi connectivity index (χ4v) is 2.13. The first-order chi connectivity index (χ1) is 13.0. The lowest BCUT2D eigenvalue weighted by Gasteiger charge is -2.11. The zero-order chi connectivity index (χ0) is 19.6. The summed E-state index contributed by atoms with van der Waals surface area (Å²) in [7, 11) is 3.05. The molecule has 0 aliphatic heterocycles. The van der Waals surface area contributed by atoms with E-state index in [1.807, 2.05) is 0 Å². The molecule has 0 aliphatic rings. The topological polar surface area (TPSA) is 83.1 Å². The quantitative estimate of drug-likeness (QED) is 0.674. The van der Waals surface area contributed by atoms with E-state index >= 15 is 0 Å². The number of amides is 1. The van der Waals surface area contributed by atoms with Gasteiger partial charge in [-0.05, 0) is 29.8 Å². The van der Waals surface area contributed by atoms with Gasteiger partial charge >= 0.3 is 5.97 Å². The normalized spacial score (nSPS) is 10.0. The zero-order valence-corrected chi connectivity index (χ0v) is 15.0. The van der Waals surface area contributed by atoms with Crippen molar-refractivity contribution in [3.63, 3.8) is 0 Å². The van der Waals surface area contributed by atoms with E-state index in [1.165, 1.54) is 32.4 Å². The number of methoxy groups -OCH3 is 2. The second-order valence-electron chi connectivity index (χ2n) is 5.35. The van der Waals surface area contributed by atoms with Gasteiger partial charge in [-0.3, -0.25) is 4.79 Å². The largest absolute Gasteiger partial charge is 0.493 e. The predicted octanol–water partition coefficient (Wildman–Crippen LogP) is 2.08. The monoisotopic (exact) mass is 377 g/mol. The molecule has 0 bridgehead atoms. The lowest BCUT2D eigenvalue weighted by atomic mass is 10.2. The fraction of sp³-hybridized carbons (Fsp3) is 0.263. The van der Waals surface area contributed by atoms with Crippen molar-refractivity contribution in [3.8, 4) is 17.2 Å². The van der Waals surface area contributed by atoms with Gasteiger partial charge in [0, 0.05) is 6.54 Å². The van der Waals surface area contributed by atoms with Crippen LogP contribution in [0.5, 0.6) is 17.2 Å². The van der Waals surface area contributed by atoms with Gasteiger partial charge in [0.15, 0.2) is 36.3 Å². The molecule has 1 amide bonds. The van der Waals surface area contributed by atoms with Crippen molar-refractivity contribution in [2.45, 2.75) is 6.54 Å². The van der Waals surface area contributed by atoms with Gasteiger partial charge in [-0.1, -0.05) is 18.2 Å². The molecule has 8 heteroatoms. The molecule has 2 aromatic carbocycles. The number of benzene rings is 2. The van der Waals surface area contributed by atoms with Gasteiger partial charge in [0.1, 0.15) is 0 Å². The molecule has 0 radical (unpaired) electrons. The van der Waals surface area contributed by atoms with Crippen LogP contribution in [-0.2, 0) is 20.9 Å². The standard InChI is InChI=1S/C19H20FNO6/c1-24-16-8-7-13(9-17(16)25-2)10-21-18(22)11-27-19(23)12-26-15-6-4-3-5-14(15)20/h3-9H,10-12H2,1-2H3,(H,21,22). The van der Waals surface area contributed by atoms with Crippen molar-refractivity contribution >= 4 is 11.9 Å². The van der Waals surface area contributed by atoms with Crippen LogP contribution in [0.25, 0.3) is 0 Å². The van der Waals surface area contributed by atoms with Crippen molar-refractivity contribution in [3.05, 3.63) is 53.8 Å². The highest BCUT2D eigenvalue weighted by Crippen LogP contribution is 2.27. The lowest BCUT2D eigenvalue weighted by molar-refractivity contribution is -0.150. The van der Waals surface area contributed by atoms with Gasteiger partial charge in [-0.15, -0.1) is 0 Å². The average molecular weight is 377 g/mol. The van der Waals surface area contributed by atoms with Crippen LogP contribution in [0.4, 0.5) is 4.39 Å².